The van der Waals surface area contributed by atoms with E-state index in [4.69, 9.17) is 0 Å². The van der Waals surface area contributed by atoms with Crippen molar-refractivity contribution < 1.29 is 0 Å². The second-order valence-electron chi connectivity index (χ2n) is 6.36. The van der Waals surface area contributed by atoms with Gasteiger partial charge < -0.3 is 0 Å². The van der Waals surface area contributed by atoms with E-state index in [-0.39, 0.29) is 5.92 Å². The molecule has 0 nitrogen and oxygen atoms in total. The Morgan fingerprint density at radius 2 is 0.905 bits per heavy atom. The van der Waals surface area contributed by atoms with Crippen molar-refractivity contribution in [2.75, 3.05) is 0 Å². The summed E-state index contributed by atoms with van der Waals surface area (Å²) in [4.78, 5) is 0. The van der Waals surface area contributed by atoms with Gasteiger partial charge in [0.05, 0.1) is 0 Å². The first-order valence-corrected chi connectivity index (χ1v) is 7.85. The van der Waals surface area contributed by atoms with Crippen LogP contribution in [0.3, 0.4) is 0 Å². The number of rotatable bonds is 5. The highest BCUT2D eigenvalue weighted by molar-refractivity contribution is 5.39. The maximum absolute atomic E-state index is 4.03. The van der Waals surface area contributed by atoms with Crippen molar-refractivity contribution in [3.05, 3.63) is 83.4 Å². The first kappa shape index (κ1) is 15.6. The molecule has 0 saturated carbocycles. The molecule has 0 N–H and O–H groups in total. The van der Waals surface area contributed by atoms with Crippen molar-refractivity contribution in [1.82, 2.24) is 0 Å². The van der Waals surface area contributed by atoms with Gasteiger partial charge in [0.2, 0.25) is 0 Å². The Morgan fingerprint density at radius 3 is 1.14 bits per heavy atom. The lowest BCUT2D eigenvalue weighted by Crippen LogP contribution is -1.99. The number of hydrogen-bond acceptors (Lipinski definition) is 0. The third-order valence-electron chi connectivity index (χ3n) is 4.16. The van der Waals surface area contributed by atoms with Crippen LogP contribution >= 0.6 is 0 Å². The van der Waals surface area contributed by atoms with Gasteiger partial charge in [-0.1, -0.05) is 82.3 Å². The summed E-state index contributed by atoms with van der Waals surface area (Å²) < 4.78 is 0. The Kier molecular flexibility index (Phi) is 5.01. The Hall–Kier alpha value is -1.82. The normalized spacial score (nSPS) is 11.4. The molecule has 2 aromatic rings. The maximum Gasteiger partial charge on any atom is 0.0266 e. The zero-order valence-corrected chi connectivity index (χ0v) is 13.6. The van der Waals surface area contributed by atoms with Crippen LogP contribution in [-0.2, 0) is 0 Å². The SMILES string of the molecule is C=CC(c1ccc(C(C)C)cc1)c1ccc(C(C)C)cc1. The molecule has 2 rings (SSSR count). The van der Waals surface area contributed by atoms with Gasteiger partial charge in [0.25, 0.3) is 0 Å². The van der Waals surface area contributed by atoms with Gasteiger partial charge in [-0.3, -0.25) is 0 Å². The predicted octanol–water partition coefficient (Wildman–Crippen LogP) is 6.25. The topological polar surface area (TPSA) is 0 Å². The van der Waals surface area contributed by atoms with Gasteiger partial charge >= 0.3 is 0 Å². The second kappa shape index (κ2) is 6.76. The average molecular weight is 278 g/mol. The molecule has 0 amide bonds. The minimum atomic E-state index is 0.271. The van der Waals surface area contributed by atoms with Gasteiger partial charge in [-0.25, -0.2) is 0 Å². The summed E-state index contributed by atoms with van der Waals surface area (Å²) >= 11 is 0. The van der Waals surface area contributed by atoms with Gasteiger partial charge in [-0.2, -0.15) is 0 Å². The van der Waals surface area contributed by atoms with Gasteiger partial charge in [0.1, 0.15) is 0 Å². The fourth-order valence-electron chi connectivity index (χ4n) is 2.64. The molecule has 0 radical (unpaired) electrons. The summed E-state index contributed by atoms with van der Waals surface area (Å²) in [5.41, 5.74) is 5.40. The first-order valence-electron chi connectivity index (χ1n) is 7.85. The molecule has 110 valence electrons. The van der Waals surface area contributed by atoms with E-state index in [1.54, 1.807) is 0 Å². The summed E-state index contributed by atoms with van der Waals surface area (Å²) in [5.74, 6) is 1.42. The Labute approximate surface area is 129 Å². The molecule has 0 aliphatic heterocycles. The molecule has 0 aliphatic carbocycles. The van der Waals surface area contributed by atoms with Crippen LogP contribution < -0.4 is 0 Å². The van der Waals surface area contributed by atoms with E-state index in [0.29, 0.717) is 11.8 Å². The molecule has 0 heteroatoms. The third kappa shape index (κ3) is 3.64. The largest absolute Gasteiger partial charge is 0.102 e. The molecule has 0 fully saturated rings. The predicted molar refractivity (Wildman–Crippen MR) is 93.1 cm³/mol. The molecular formula is C21H26. The van der Waals surface area contributed by atoms with Crippen molar-refractivity contribution in [2.45, 2.75) is 45.4 Å². The van der Waals surface area contributed by atoms with E-state index in [2.05, 4.69) is 82.8 Å². The number of hydrogen-bond donors (Lipinski definition) is 0. The van der Waals surface area contributed by atoms with Crippen molar-refractivity contribution in [3.8, 4) is 0 Å². The van der Waals surface area contributed by atoms with E-state index in [0.717, 1.165) is 0 Å². The molecule has 0 saturated heterocycles. The van der Waals surface area contributed by atoms with Gasteiger partial charge in [-0.15, -0.1) is 6.58 Å². The molecular weight excluding hydrogens is 252 g/mol. The van der Waals surface area contributed by atoms with Gasteiger partial charge in [0.15, 0.2) is 0 Å². The van der Waals surface area contributed by atoms with Crippen LogP contribution in [0.5, 0.6) is 0 Å². The fourth-order valence-corrected chi connectivity index (χ4v) is 2.64. The zero-order chi connectivity index (χ0) is 15.4. The van der Waals surface area contributed by atoms with Crippen molar-refractivity contribution >= 4 is 0 Å². The molecule has 2 aromatic carbocycles. The lowest BCUT2D eigenvalue weighted by atomic mass is 9.88. The first-order chi connectivity index (χ1) is 10.0. The highest BCUT2D eigenvalue weighted by atomic mass is 14.2. The van der Waals surface area contributed by atoms with Crippen LogP contribution in [0, 0.1) is 0 Å². The minimum absolute atomic E-state index is 0.271. The highest BCUT2D eigenvalue weighted by Gasteiger charge is 2.11. The number of benzene rings is 2. The summed E-state index contributed by atoms with van der Waals surface area (Å²) in [6, 6.07) is 17.9. The van der Waals surface area contributed by atoms with Crippen molar-refractivity contribution in [1.29, 1.82) is 0 Å². The lowest BCUT2D eigenvalue weighted by molar-refractivity contribution is 0.860. The smallest absolute Gasteiger partial charge is 0.0266 e. The van der Waals surface area contributed by atoms with E-state index in [9.17, 15) is 0 Å². The summed E-state index contributed by atoms with van der Waals surface area (Å²) in [6.07, 6.45) is 2.04. The molecule has 0 aromatic heterocycles. The Balaban J connectivity index is 2.28. The maximum atomic E-state index is 4.03. The summed E-state index contributed by atoms with van der Waals surface area (Å²) in [7, 11) is 0. The molecule has 0 unspecified atom stereocenters. The Bertz CT molecular complexity index is 519. The highest BCUT2D eigenvalue weighted by Crippen LogP contribution is 2.28. The van der Waals surface area contributed by atoms with Gasteiger partial charge in [0, 0.05) is 5.92 Å². The monoisotopic (exact) mass is 278 g/mol. The molecule has 0 spiro atoms. The summed E-state index contributed by atoms with van der Waals surface area (Å²) in [6.45, 7) is 12.9. The summed E-state index contributed by atoms with van der Waals surface area (Å²) in [5, 5.41) is 0. The van der Waals surface area contributed by atoms with E-state index in [1.807, 2.05) is 6.08 Å². The van der Waals surface area contributed by atoms with Crippen LogP contribution in [0.25, 0.3) is 0 Å². The lowest BCUT2D eigenvalue weighted by Gasteiger charge is -2.16. The van der Waals surface area contributed by atoms with Gasteiger partial charge in [-0.05, 0) is 34.1 Å². The molecule has 21 heavy (non-hydrogen) atoms. The van der Waals surface area contributed by atoms with E-state index >= 15 is 0 Å². The third-order valence-corrected chi connectivity index (χ3v) is 4.16. The van der Waals surface area contributed by atoms with E-state index in [1.165, 1.54) is 22.3 Å². The standard InChI is InChI=1S/C21H26/c1-6-21(19-11-7-17(8-12-19)15(2)3)20-13-9-18(10-14-20)16(4)5/h6-16,21H,1H2,2-5H3. The van der Waals surface area contributed by atoms with Crippen LogP contribution in [0.1, 0.15) is 67.7 Å². The zero-order valence-electron chi connectivity index (χ0n) is 13.6. The van der Waals surface area contributed by atoms with Crippen molar-refractivity contribution in [3.63, 3.8) is 0 Å². The van der Waals surface area contributed by atoms with Crippen molar-refractivity contribution in [2.24, 2.45) is 0 Å². The Morgan fingerprint density at radius 1 is 0.619 bits per heavy atom. The fraction of sp³-hybridized carbons (Fsp3) is 0.333. The molecule has 0 bridgehead atoms. The second-order valence-corrected chi connectivity index (χ2v) is 6.36. The molecule has 0 atom stereocenters. The minimum Gasteiger partial charge on any atom is -0.102 e. The van der Waals surface area contributed by atoms with Crippen LogP contribution in [0.4, 0.5) is 0 Å². The number of allylic oxidation sites excluding steroid dienone is 1. The average Bonchev–Trinajstić information content (AvgIpc) is 2.49. The quantitative estimate of drug-likeness (QED) is 0.567. The molecule has 0 heterocycles. The van der Waals surface area contributed by atoms with Crippen LogP contribution in [0.15, 0.2) is 61.2 Å². The molecule has 0 aliphatic rings. The van der Waals surface area contributed by atoms with Crippen LogP contribution in [0.2, 0.25) is 0 Å². The van der Waals surface area contributed by atoms with Crippen LogP contribution in [-0.4, -0.2) is 0 Å². The van der Waals surface area contributed by atoms with E-state index < -0.39 is 0 Å².